The molecule has 1 atom stereocenters. The molecule has 0 saturated heterocycles. The fraction of sp³-hybridized carbons (Fsp3) is 0.667. The number of primary amides is 2. The van der Waals surface area contributed by atoms with Crippen LogP contribution in [0, 0.1) is 0 Å². The van der Waals surface area contributed by atoms with Crippen molar-refractivity contribution >= 4 is 12.2 Å². The largest absolute Gasteiger partial charge is 0.446 e. The van der Waals surface area contributed by atoms with Crippen LogP contribution in [-0.4, -0.2) is 36.6 Å². The predicted molar refractivity (Wildman–Crippen MR) is 41.7 cm³/mol. The number of nitrogens with two attached hydrogens (primary N) is 2. The third kappa shape index (κ3) is 6.88. The minimum atomic E-state index is -0.994. The SMILES string of the molecule is NC(=O)OC[C@H](CCO)OC(N)=O. The fourth-order valence-corrected chi connectivity index (χ4v) is 0.660. The number of rotatable bonds is 5. The molecule has 0 rings (SSSR count). The van der Waals surface area contributed by atoms with Gasteiger partial charge in [-0.25, -0.2) is 9.59 Å². The molecular weight excluding hydrogens is 180 g/mol. The van der Waals surface area contributed by atoms with Crippen LogP contribution in [0.15, 0.2) is 0 Å². The molecule has 0 aromatic rings. The monoisotopic (exact) mass is 192 g/mol. The number of carbonyl (C=O) groups is 2. The van der Waals surface area contributed by atoms with Gasteiger partial charge in [-0.05, 0) is 0 Å². The molecule has 76 valence electrons. The number of aliphatic hydroxyl groups is 1. The Morgan fingerprint density at radius 3 is 2.31 bits per heavy atom. The minimum absolute atomic E-state index is 0.135. The summed E-state index contributed by atoms with van der Waals surface area (Å²) in [5.74, 6) is 0. The Balaban J connectivity index is 3.79. The summed E-state index contributed by atoms with van der Waals surface area (Å²) >= 11 is 0. The summed E-state index contributed by atoms with van der Waals surface area (Å²) in [4.78, 5) is 20.4. The van der Waals surface area contributed by atoms with Gasteiger partial charge in [-0.15, -0.1) is 0 Å². The molecule has 0 aliphatic carbocycles. The first-order valence-electron chi connectivity index (χ1n) is 3.55. The van der Waals surface area contributed by atoms with Crippen LogP contribution in [0.3, 0.4) is 0 Å². The van der Waals surface area contributed by atoms with E-state index >= 15 is 0 Å². The number of hydrogen-bond acceptors (Lipinski definition) is 5. The Kier molecular flexibility index (Phi) is 5.37. The average Bonchev–Trinajstić information content (AvgIpc) is 1.99. The van der Waals surface area contributed by atoms with Crippen molar-refractivity contribution in [2.75, 3.05) is 13.2 Å². The van der Waals surface area contributed by atoms with Crippen LogP contribution in [0.4, 0.5) is 9.59 Å². The van der Waals surface area contributed by atoms with E-state index in [4.69, 9.17) is 10.8 Å². The smallest absolute Gasteiger partial charge is 0.404 e. The van der Waals surface area contributed by atoms with E-state index in [1.807, 2.05) is 0 Å². The molecule has 0 aromatic heterocycles. The van der Waals surface area contributed by atoms with Gasteiger partial charge in [0.25, 0.3) is 0 Å². The third-order valence-corrected chi connectivity index (χ3v) is 1.15. The van der Waals surface area contributed by atoms with Crippen molar-refractivity contribution in [3.8, 4) is 0 Å². The Morgan fingerprint density at radius 1 is 1.31 bits per heavy atom. The van der Waals surface area contributed by atoms with E-state index in [9.17, 15) is 9.59 Å². The quantitative estimate of drug-likeness (QED) is 0.511. The van der Waals surface area contributed by atoms with Gasteiger partial charge in [0.2, 0.25) is 0 Å². The van der Waals surface area contributed by atoms with Crippen molar-refractivity contribution in [3.05, 3.63) is 0 Å². The molecule has 0 bridgehead atoms. The highest BCUT2D eigenvalue weighted by molar-refractivity contribution is 5.65. The second kappa shape index (κ2) is 6.06. The van der Waals surface area contributed by atoms with Crippen molar-refractivity contribution in [3.63, 3.8) is 0 Å². The van der Waals surface area contributed by atoms with Crippen LogP contribution < -0.4 is 11.5 Å². The van der Waals surface area contributed by atoms with E-state index in [0.717, 1.165) is 0 Å². The van der Waals surface area contributed by atoms with Gasteiger partial charge >= 0.3 is 12.2 Å². The topological polar surface area (TPSA) is 125 Å². The van der Waals surface area contributed by atoms with Gasteiger partial charge in [-0.1, -0.05) is 0 Å². The predicted octanol–water partition coefficient (Wildman–Crippen LogP) is -1.07. The van der Waals surface area contributed by atoms with Crippen LogP contribution in [0.2, 0.25) is 0 Å². The zero-order chi connectivity index (χ0) is 10.3. The normalized spacial score (nSPS) is 11.8. The fourth-order valence-electron chi connectivity index (χ4n) is 0.660. The molecule has 0 unspecified atom stereocenters. The molecule has 13 heavy (non-hydrogen) atoms. The standard InChI is InChI=1S/C6H12N2O5/c7-5(10)12-3-4(1-2-9)13-6(8)11/h4,9H,1-3H2,(H2,7,10)(H2,8,11)/t4-/m0/s1. The molecule has 0 aliphatic rings. The van der Waals surface area contributed by atoms with Crippen molar-refractivity contribution in [1.29, 1.82) is 0 Å². The van der Waals surface area contributed by atoms with Crippen LogP contribution in [0.5, 0.6) is 0 Å². The van der Waals surface area contributed by atoms with Crippen molar-refractivity contribution < 1.29 is 24.2 Å². The molecule has 0 heterocycles. The highest BCUT2D eigenvalue weighted by Gasteiger charge is 2.13. The first kappa shape index (κ1) is 11.5. The lowest BCUT2D eigenvalue weighted by Crippen LogP contribution is -2.30. The summed E-state index contributed by atoms with van der Waals surface area (Å²) in [6.07, 6.45) is -2.59. The summed E-state index contributed by atoms with van der Waals surface area (Å²) in [7, 11) is 0. The molecule has 0 aromatic carbocycles. The van der Waals surface area contributed by atoms with Crippen molar-refractivity contribution in [2.45, 2.75) is 12.5 Å². The Hall–Kier alpha value is -1.50. The first-order valence-corrected chi connectivity index (χ1v) is 3.55. The van der Waals surface area contributed by atoms with E-state index in [0.29, 0.717) is 0 Å². The van der Waals surface area contributed by atoms with Gasteiger partial charge in [0, 0.05) is 13.0 Å². The highest BCUT2D eigenvalue weighted by atomic mass is 16.6. The Labute approximate surface area is 74.6 Å². The number of aliphatic hydroxyl groups excluding tert-OH is 1. The maximum atomic E-state index is 10.3. The second-order valence-corrected chi connectivity index (χ2v) is 2.20. The van der Waals surface area contributed by atoms with Gasteiger partial charge in [0.15, 0.2) is 0 Å². The lowest BCUT2D eigenvalue weighted by molar-refractivity contribution is 0.0384. The van der Waals surface area contributed by atoms with E-state index in [1.165, 1.54) is 0 Å². The van der Waals surface area contributed by atoms with Gasteiger partial charge in [-0.2, -0.15) is 0 Å². The third-order valence-electron chi connectivity index (χ3n) is 1.15. The first-order chi connectivity index (χ1) is 6.06. The van der Waals surface area contributed by atoms with Gasteiger partial charge in [-0.3, -0.25) is 0 Å². The number of hydrogen-bond donors (Lipinski definition) is 3. The molecule has 7 heteroatoms. The van der Waals surface area contributed by atoms with Crippen molar-refractivity contribution in [2.24, 2.45) is 11.5 Å². The minimum Gasteiger partial charge on any atom is -0.446 e. The molecule has 0 radical (unpaired) electrons. The summed E-state index contributed by atoms with van der Waals surface area (Å²) in [6.45, 7) is -0.418. The molecule has 5 N–H and O–H groups in total. The van der Waals surface area contributed by atoms with Gasteiger partial charge in [0.05, 0.1) is 0 Å². The van der Waals surface area contributed by atoms with Crippen LogP contribution >= 0.6 is 0 Å². The van der Waals surface area contributed by atoms with E-state index < -0.39 is 18.3 Å². The molecule has 0 saturated carbocycles. The zero-order valence-corrected chi connectivity index (χ0v) is 6.93. The maximum absolute atomic E-state index is 10.3. The maximum Gasteiger partial charge on any atom is 0.404 e. The summed E-state index contributed by atoms with van der Waals surface area (Å²) in [5, 5.41) is 8.51. The molecular formula is C6H12N2O5. The number of carbonyl (C=O) groups excluding carboxylic acids is 2. The van der Waals surface area contributed by atoms with Crippen LogP contribution in [0.25, 0.3) is 0 Å². The van der Waals surface area contributed by atoms with Crippen LogP contribution in [-0.2, 0) is 9.47 Å². The molecule has 2 amide bonds. The zero-order valence-electron chi connectivity index (χ0n) is 6.93. The van der Waals surface area contributed by atoms with Crippen LogP contribution in [0.1, 0.15) is 6.42 Å². The average molecular weight is 192 g/mol. The summed E-state index contributed by atoms with van der Waals surface area (Å²) in [5.41, 5.74) is 9.39. The molecule has 7 nitrogen and oxygen atoms in total. The number of ether oxygens (including phenoxy) is 2. The lowest BCUT2D eigenvalue weighted by Gasteiger charge is -2.14. The van der Waals surface area contributed by atoms with Crippen molar-refractivity contribution in [1.82, 2.24) is 0 Å². The highest BCUT2D eigenvalue weighted by Crippen LogP contribution is 1.98. The van der Waals surface area contributed by atoms with E-state index in [-0.39, 0.29) is 19.6 Å². The van der Waals surface area contributed by atoms with E-state index in [2.05, 4.69) is 15.2 Å². The Bertz CT molecular complexity index is 184. The Morgan fingerprint density at radius 2 is 1.92 bits per heavy atom. The number of amides is 2. The van der Waals surface area contributed by atoms with Gasteiger partial charge < -0.3 is 26.0 Å². The molecule has 0 aliphatic heterocycles. The summed E-state index contributed by atoms with van der Waals surface area (Å²) in [6, 6.07) is 0. The molecule has 0 fully saturated rings. The lowest BCUT2D eigenvalue weighted by atomic mass is 10.3. The summed E-state index contributed by atoms with van der Waals surface area (Å²) < 4.78 is 8.84. The second-order valence-electron chi connectivity index (χ2n) is 2.20. The van der Waals surface area contributed by atoms with Gasteiger partial charge in [0.1, 0.15) is 12.7 Å². The molecule has 0 spiro atoms. The van der Waals surface area contributed by atoms with E-state index in [1.54, 1.807) is 0 Å².